The fourth-order valence-electron chi connectivity index (χ4n) is 6.19. The van der Waals surface area contributed by atoms with Gasteiger partial charge in [0.25, 0.3) is 5.82 Å². The second-order valence-corrected chi connectivity index (χ2v) is 13.8. The predicted octanol–water partition coefficient (Wildman–Crippen LogP) is -11.4. The molecule has 0 aliphatic rings. The Bertz CT molecular complexity index is 2040. The van der Waals surface area contributed by atoms with Crippen LogP contribution in [0.3, 0.4) is 0 Å². The van der Waals surface area contributed by atoms with E-state index in [9.17, 15) is 0 Å². The van der Waals surface area contributed by atoms with Crippen LogP contribution >= 0.6 is 0 Å². The molecule has 0 atom stereocenters. The lowest BCUT2D eigenvalue weighted by Crippen LogP contribution is -3.00. The summed E-state index contributed by atoms with van der Waals surface area (Å²) in [7, 11) is 20.1. The van der Waals surface area contributed by atoms with Crippen LogP contribution in [0, 0.1) is 5.82 Å². The standard InChI is InChI=1S/C41H50FN10.5FH/c1-43(2)31-11-21-48(22-12-31)37-36(42)38(49-23-13-32(14-24-49)44(3)4)40(51-27-17-34(18-28-51)46(7)8)41(52-29-19-35(20-30-52)47(9)10)39(37)50-25-15-33(16-26-50)45(5)6;;;;;/h11-30H,1-10H3;5*1H/q+5;;;;;/p-5. The number of halogens is 6. The monoisotopic (exact) mass is 796 g/mol. The van der Waals surface area contributed by atoms with Gasteiger partial charge in [0, 0.05) is 160 Å². The van der Waals surface area contributed by atoms with Crippen molar-refractivity contribution in [3.05, 3.63) is 128 Å². The van der Waals surface area contributed by atoms with Crippen LogP contribution in [0.4, 0.5) is 32.8 Å². The van der Waals surface area contributed by atoms with Crippen molar-refractivity contribution >= 4 is 28.4 Å². The molecule has 0 saturated heterocycles. The zero-order valence-corrected chi connectivity index (χ0v) is 33.8. The molecule has 57 heavy (non-hydrogen) atoms. The summed E-state index contributed by atoms with van der Waals surface area (Å²) in [6, 6.07) is 20.4. The van der Waals surface area contributed by atoms with E-state index in [4.69, 9.17) is 0 Å². The third kappa shape index (κ3) is 9.69. The van der Waals surface area contributed by atoms with Crippen molar-refractivity contribution in [2.24, 2.45) is 0 Å². The molecule has 0 radical (unpaired) electrons. The molecule has 306 valence electrons. The molecule has 0 spiro atoms. The van der Waals surface area contributed by atoms with Gasteiger partial charge in [0.2, 0.25) is 0 Å². The number of pyridine rings is 5. The highest BCUT2D eigenvalue weighted by Gasteiger charge is 2.49. The molecule has 5 aromatic heterocycles. The lowest BCUT2D eigenvalue weighted by Gasteiger charge is -2.14. The number of benzene rings is 1. The van der Waals surface area contributed by atoms with Crippen LogP contribution in [0.15, 0.2) is 123 Å². The molecule has 0 aliphatic heterocycles. The fraction of sp³-hybridized carbons (Fsp3) is 0.244. The fourth-order valence-corrected chi connectivity index (χ4v) is 6.19. The molecule has 1 aromatic carbocycles. The number of rotatable bonds is 10. The number of nitrogens with zero attached hydrogens (tertiary/aromatic N) is 10. The third-order valence-corrected chi connectivity index (χ3v) is 9.24. The molecule has 0 saturated carbocycles. The van der Waals surface area contributed by atoms with Gasteiger partial charge in [0.05, 0.1) is 0 Å². The predicted molar refractivity (Wildman–Crippen MR) is 206 cm³/mol. The van der Waals surface area contributed by atoms with Crippen LogP contribution in [0.25, 0.3) is 28.4 Å². The summed E-state index contributed by atoms with van der Waals surface area (Å²) < 4.78 is 28.1. The topological polar surface area (TPSA) is 35.6 Å². The Balaban J connectivity index is 0.00000325. The summed E-state index contributed by atoms with van der Waals surface area (Å²) in [6.07, 6.45) is 19.8. The zero-order valence-electron chi connectivity index (χ0n) is 33.8. The minimum atomic E-state index is -0.377. The highest BCUT2D eigenvalue weighted by Crippen LogP contribution is 2.30. The zero-order chi connectivity index (χ0) is 37.3. The van der Waals surface area contributed by atoms with E-state index in [0.29, 0.717) is 22.7 Å². The first-order valence-electron chi connectivity index (χ1n) is 17.2. The molecule has 0 bridgehead atoms. The average molecular weight is 797 g/mol. The maximum absolute atomic E-state index is 18.2. The Morgan fingerprint density at radius 1 is 0.281 bits per heavy atom. The maximum atomic E-state index is 18.2. The van der Waals surface area contributed by atoms with E-state index >= 15 is 4.39 Å². The summed E-state index contributed by atoms with van der Waals surface area (Å²) in [4.78, 5) is 10.3. The van der Waals surface area contributed by atoms with Gasteiger partial charge in [-0.3, -0.25) is 0 Å². The smallest absolute Gasteiger partial charge is 0.370 e. The number of anilines is 5. The molecule has 0 amide bonds. The Morgan fingerprint density at radius 3 is 0.579 bits per heavy atom. The molecular weight excluding hydrogens is 747 g/mol. The van der Waals surface area contributed by atoms with Crippen molar-refractivity contribution in [3.63, 3.8) is 0 Å². The van der Waals surface area contributed by atoms with Crippen LogP contribution in [-0.2, 0) is 0 Å². The van der Waals surface area contributed by atoms with E-state index in [1.165, 1.54) is 0 Å². The largest absolute Gasteiger partial charge is 1.00 e. The van der Waals surface area contributed by atoms with Gasteiger partial charge in [0.15, 0.2) is 62.0 Å². The molecule has 6 rings (SSSR count). The van der Waals surface area contributed by atoms with E-state index in [1.54, 1.807) is 0 Å². The van der Waals surface area contributed by atoms with E-state index in [1.807, 2.05) is 209 Å². The van der Waals surface area contributed by atoms with Gasteiger partial charge >= 0.3 is 28.4 Å². The lowest BCUT2D eigenvalue weighted by molar-refractivity contribution is -0.671. The molecule has 6 aromatic rings. The van der Waals surface area contributed by atoms with E-state index < -0.39 is 0 Å². The van der Waals surface area contributed by atoms with Crippen LogP contribution in [0.5, 0.6) is 0 Å². The summed E-state index contributed by atoms with van der Waals surface area (Å²) in [5.41, 5.74) is 8.07. The first-order chi connectivity index (χ1) is 24.8. The lowest BCUT2D eigenvalue weighted by atomic mass is 10.1. The molecule has 5 heterocycles. The second-order valence-electron chi connectivity index (χ2n) is 13.8. The number of hydrogen-bond acceptors (Lipinski definition) is 5. The van der Waals surface area contributed by atoms with Crippen molar-refractivity contribution in [2.45, 2.75) is 0 Å². The van der Waals surface area contributed by atoms with Gasteiger partial charge in [-0.1, -0.05) is 0 Å². The Kier molecular flexibility index (Phi) is 17.0. The van der Waals surface area contributed by atoms with Gasteiger partial charge in [-0.25, -0.2) is 0 Å². The van der Waals surface area contributed by atoms with Crippen LogP contribution in [0.2, 0.25) is 0 Å². The van der Waals surface area contributed by atoms with Crippen molar-refractivity contribution < 1.29 is 50.7 Å². The number of aromatic nitrogens is 5. The van der Waals surface area contributed by atoms with Crippen molar-refractivity contribution in [1.82, 2.24) is 0 Å². The normalized spacial score (nSPS) is 10.0. The van der Waals surface area contributed by atoms with Crippen molar-refractivity contribution in [2.75, 3.05) is 95.0 Å². The SMILES string of the molecule is CN(C)c1cc[n+](-c2c(F)c(-[n+]3ccc(N(C)C)cc3)c(-[n+]3ccc(N(C)C)cc3)c(-[n+]3ccc(N(C)C)cc3)c2-[n+]2ccc(N(C)C)cc2)cc1.[F-].[F-].[F-].[F-].[F-]. The molecular formula is C41H50F6N10. The van der Waals surface area contributed by atoms with E-state index in [0.717, 1.165) is 34.1 Å². The van der Waals surface area contributed by atoms with Gasteiger partial charge in [0.1, 0.15) is 0 Å². The van der Waals surface area contributed by atoms with Crippen molar-refractivity contribution in [1.29, 1.82) is 0 Å². The average Bonchev–Trinajstić information content (AvgIpc) is 3.14. The molecule has 16 heteroatoms. The minimum absolute atomic E-state index is 0. The van der Waals surface area contributed by atoms with Gasteiger partial charge in [-0.05, 0) is 0 Å². The quantitative estimate of drug-likeness (QED) is 0.102. The molecule has 0 N–H and O–H groups in total. The Labute approximate surface area is 330 Å². The highest BCUT2D eigenvalue weighted by atomic mass is 19.1. The molecule has 10 nitrogen and oxygen atoms in total. The summed E-state index contributed by atoms with van der Waals surface area (Å²) in [5, 5.41) is 0. The highest BCUT2D eigenvalue weighted by molar-refractivity contribution is 5.68. The maximum Gasteiger partial charge on any atom is 0.370 e. The summed E-state index contributed by atoms with van der Waals surface area (Å²) >= 11 is 0. The van der Waals surface area contributed by atoms with Crippen LogP contribution in [-0.4, -0.2) is 70.5 Å². The second kappa shape index (κ2) is 19.9. The third-order valence-electron chi connectivity index (χ3n) is 9.24. The van der Waals surface area contributed by atoms with E-state index in [-0.39, 0.29) is 29.3 Å². The van der Waals surface area contributed by atoms with Crippen LogP contribution in [0.1, 0.15) is 0 Å². The van der Waals surface area contributed by atoms with Gasteiger partial charge < -0.3 is 48.0 Å². The summed E-state index contributed by atoms with van der Waals surface area (Å²) in [5.74, 6) is -0.377. The molecule has 0 fully saturated rings. The minimum Gasteiger partial charge on any atom is -1.00 e. The Morgan fingerprint density at radius 2 is 0.421 bits per heavy atom. The van der Waals surface area contributed by atoms with E-state index in [2.05, 4.69) is 31.4 Å². The molecule has 0 aliphatic carbocycles. The number of hydrogen-bond donors (Lipinski definition) is 0. The first-order valence-corrected chi connectivity index (χ1v) is 17.2. The first kappa shape index (κ1) is 48.6. The van der Waals surface area contributed by atoms with Gasteiger partial charge in [-0.2, -0.15) is 27.2 Å². The molecule has 0 unspecified atom stereocenters. The van der Waals surface area contributed by atoms with Crippen molar-refractivity contribution in [3.8, 4) is 28.4 Å². The summed E-state index contributed by atoms with van der Waals surface area (Å²) in [6.45, 7) is 0. The Hall–Kier alpha value is -6.45. The van der Waals surface area contributed by atoms with Crippen LogP contribution < -0.4 is 70.9 Å². The van der Waals surface area contributed by atoms with Gasteiger partial charge in [-0.15, -0.1) is 0 Å².